The van der Waals surface area contributed by atoms with Gasteiger partial charge >= 0.3 is 0 Å². The van der Waals surface area contributed by atoms with Gasteiger partial charge in [0.25, 0.3) is 0 Å². The van der Waals surface area contributed by atoms with Crippen molar-refractivity contribution >= 4 is 10.0 Å². The molecule has 4 nitrogen and oxygen atoms in total. The van der Waals surface area contributed by atoms with E-state index in [0.29, 0.717) is 13.1 Å². The molecule has 0 atom stereocenters. The SMILES string of the molecule is CN(CC(C)(C)CN)S(=O)(=O)C1CC1. The molecule has 0 aromatic rings. The predicted octanol–water partition coefficient (Wildman–Crippen LogP) is 0.395. The molecule has 1 aliphatic rings. The van der Waals surface area contributed by atoms with Crippen LogP contribution in [0.5, 0.6) is 0 Å². The lowest BCUT2D eigenvalue weighted by Gasteiger charge is -2.28. The molecular weight excluding hydrogens is 200 g/mol. The molecule has 5 heteroatoms. The minimum absolute atomic E-state index is 0.124. The molecule has 14 heavy (non-hydrogen) atoms. The second-order valence-corrected chi connectivity index (χ2v) is 7.19. The molecule has 1 saturated carbocycles. The lowest BCUT2D eigenvalue weighted by molar-refractivity contribution is 0.291. The molecular formula is C9H20N2O2S. The Balaban J connectivity index is 2.61. The standard InChI is InChI=1S/C9H20N2O2S/c1-9(2,6-10)7-11(3)14(12,13)8-4-5-8/h8H,4-7,10H2,1-3H3. The van der Waals surface area contributed by atoms with Gasteiger partial charge in [0, 0.05) is 13.6 Å². The maximum atomic E-state index is 11.8. The van der Waals surface area contributed by atoms with Crippen LogP contribution in [-0.4, -0.2) is 38.1 Å². The summed E-state index contributed by atoms with van der Waals surface area (Å²) in [5.74, 6) is 0. The van der Waals surface area contributed by atoms with Gasteiger partial charge in [0.15, 0.2) is 0 Å². The molecule has 0 radical (unpaired) electrons. The van der Waals surface area contributed by atoms with Crippen LogP contribution in [0.3, 0.4) is 0 Å². The van der Waals surface area contributed by atoms with E-state index in [1.165, 1.54) is 4.31 Å². The van der Waals surface area contributed by atoms with Crippen LogP contribution in [0.4, 0.5) is 0 Å². The van der Waals surface area contributed by atoms with Crippen molar-refractivity contribution in [3.8, 4) is 0 Å². The van der Waals surface area contributed by atoms with Gasteiger partial charge in [0.05, 0.1) is 5.25 Å². The van der Waals surface area contributed by atoms with Crippen LogP contribution in [0.25, 0.3) is 0 Å². The molecule has 1 rings (SSSR count). The molecule has 0 aromatic carbocycles. The Labute approximate surface area is 86.5 Å². The van der Waals surface area contributed by atoms with Crippen molar-refractivity contribution in [3.63, 3.8) is 0 Å². The molecule has 0 unspecified atom stereocenters. The molecule has 0 aromatic heterocycles. The van der Waals surface area contributed by atoms with Gasteiger partial charge in [-0.15, -0.1) is 0 Å². The van der Waals surface area contributed by atoms with Gasteiger partial charge in [0.2, 0.25) is 10.0 Å². The average Bonchev–Trinajstić information content (AvgIpc) is 2.85. The van der Waals surface area contributed by atoms with E-state index < -0.39 is 10.0 Å². The van der Waals surface area contributed by atoms with Crippen molar-refractivity contribution in [1.82, 2.24) is 4.31 Å². The van der Waals surface area contributed by atoms with Crippen LogP contribution >= 0.6 is 0 Å². The summed E-state index contributed by atoms with van der Waals surface area (Å²) in [7, 11) is -1.39. The zero-order valence-electron chi connectivity index (χ0n) is 9.16. The lowest BCUT2D eigenvalue weighted by atomic mass is 9.94. The summed E-state index contributed by atoms with van der Waals surface area (Å²) in [5.41, 5.74) is 5.43. The Morgan fingerprint density at radius 3 is 2.29 bits per heavy atom. The lowest BCUT2D eigenvalue weighted by Crippen LogP contribution is -2.41. The molecule has 0 aliphatic heterocycles. The van der Waals surface area contributed by atoms with Gasteiger partial charge in [0.1, 0.15) is 0 Å². The van der Waals surface area contributed by atoms with E-state index in [1.54, 1.807) is 7.05 Å². The zero-order chi connectivity index (χ0) is 11.0. The average molecular weight is 220 g/mol. The first-order valence-corrected chi connectivity index (χ1v) is 6.45. The third kappa shape index (κ3) is 2.68. The van der Waals surface area contributed by atoms with Crippen molar-refractivity contribution < 1.29 is 8.42 Å². The minimum atomic E-state index is -3.03. The summed E-state index contributed by atoms with van der Waals surface area (Å²) >= 11 is 0. The Morgan fingerprint density at radius 1 is 1.43 bits per heavy atom. The maximum Gasteiger partial charge on any atom is 0.216 e. The molecule has 0 heterocycles. The van der Waals surface area contributed by atoms with E-state index in [-0.39, 0.29) is 10.7 Å². The first kappa shape index (κ1) is 11.9. The third-order valence-corrected chi connectivity index (χ3v) is 4.90. The normalized spacial score (nSPS) is 18.9. The van der Waals surface area contributed by atoms with Gasteiger partial charge < -0.3 is 5.73 Å². The molecule has 84 valence electrons. The summed E-state index contributed by atoms with van der Waals surface area (Å²) in [4.78, 5) is 0. The second kappa shape index (κ2) is 3.79. The largest absolute Gasteiger partial charge is 0.330 e. The van der Waals surface area contributed by atoms with Crippen LogP contribution in [0, 0.1) is 5.41 Å². The van der Waals surface area contributed by atoms with Crippen LogP contribution in [0.1, 0.15) is 26.7 Å². The molecule has 1 fully saturated rings. The molecule has 1 aliphatic carbocycles. The Bertz CT molecular complexity index is 294. The van der Waals surface area contributed by atoms with Gasteiger partial charge in [-0.05, 0) is 24.8 Å². The number of hydrogen-bond acceptors (Lipinski definition) is 3. The number of hydrogen-bond donors (Lipinski definition) is 1. The predicted molar refractivity (Wildman–Crippen MR) is 57.4 cm³/mol. The summed E-state index contributed by atoms with van der Waals surface area (Å²) in [6.45, 7) is 4.96. The number of sulfonamides is 1. The number of rotatable bonds is 5. The highest BCUT2D eigenvalue weighted by molar-refractivity contribution is 7.90. The fourth-order valence-corrected chi connectivity index (χ4v) is 3.15. The molecule has 0 amide bonds. The molecule has 0 bridgehead atoms. The quantitative estimate of drug-likeness (QED) is 0.729. The zero-order valence-corrected chi connectivity index (χ0v) is 9.97. The maximum absolute atomic E-state index is 11.8. The molecule has 0 saturated heterocycles. The van der Waals surface area contributed by atoms with E-state index in [0.717, 1.165) is 12.8 Å². The first-order chi connectivity index (χ1) is 6.29. The summed E-state index contributed by atoms with van der Waals surface area (Å²) in [6, 6.07) is 0. The van der Waals surface area contributed by atoms with Crippen LogP contribution in [0.15, 0.2) is 0 Å². The van der Waals surface area contributed by atoms with Gasteiger partial charge in [-0.25, -0.2) is 12.7 Å². The van der Waals surface area contributed by atoms with Crippen LogP contribution < -0.4 is 5.73 Å². The topological polar surface area (TPSA) is 63.4 Å². The number of nitrogens with two attached hydrogens (primary N) is 1. The van der Waals surface area contributed by atoms with Crippen molar-refractivity contribution in [3.05, 3.63) is 0 Å². The van der Waals surface area contributed by atoms with E-state index in [2.05, 4.69) is 0 Å². The monoisotopic (exact) mass is 220 g/mol. The first-order valence-electron chi connectivity index (χ1n) is 4.95. The summed E-state index contributed by atoms with van der Waals surface area (Å²) in [6.07, 6.45) is 1.63. The molecule has 0 spiro atoms. The van der Waals surface area contributed by atoms with Crippen molar-refractivity contribution in [2.75, 3.05) is 20.1 Å². The van der Waals surface area contributed by atoms with E-state index >= 15 is 0 Å². The van der Waals surface area contributed by atoms with Crippen LogP contribution in [-0.2, 0) is 10.0 Å². The van der Waals surface area contributed by atoms with E-state index in [4.69, 9.17) is 5.73 Å². The van der Waals surface area contributed by atoms with E-state index in [9.17, 15) is 8.42 Å². The third-order valence-electron chi connectivity index (χ3n) is 2.58. The van der Waals surface area contributed by atoms with Crippen LogP contribution in [0.2, 0.25) is 0 Å². The fraction of sp³-hybridized carbons (Fsp3) is 1.00. The van der Waals surface area contributed by atoms with E-state index in [1.807, 2.05) is 13.8 Å². The smallest absolute Gasteiger partial charge is 0.216 e. The highest BCUT2D eigenvalue weighted by Gasteiger charge is 2.39. The van der Waals surface area contributed by atoms with Gasteiger partial charge in [-0.1, -0.05) is 13.8 Å². The van der Waals surface area contributed by atoms with Crippen molar-refractivity contribution in [1.29, 1.82) is 0 Å². The minimum Gasteiger partial charge on any atom is -0.330 e. The highest BCUT2D eigenvalue weighted by atomic mass is 32.2. The molecule has 2 N–H and O–H groups in total. The summed E-state index contributed by atoms with van der Waals surface area (Å²) < 4.78 is 25.0. The van der Waals surface area contributed by atoms with Crippen molar-refractivity contribution in [2.45, 2.75) is 31.9 Å². The van der Waals surface area contributed by atoms with Crippen molar-refractivity contribution in [2.24, 2.45) is 11.1 Å². The fourth-order valence-electron chi connectivity index (χ4n) is 1.38. The highest BCUT2D eigenvalue weighted by Crippen LogP contribution is 2.31. The summed E-state index contributed by atoms with van der Waals surface area (Å²) in [5, 5.41) is -0.124. The van der Waals surface area contributed by atoms with Gasteiger partial charge in [-0.3, -0.25) is 0 Å². The Morgan fingerprint density at radius 2 is 1.93 bits per heavy atom. The second-order valence-electron chi connectivity index (χ2n) is 4.87. The Hall–Kier alpha value is -0.130. The number of nitrogens with zero attached hydrogens (tertiary/aromatic N) is 1. The van der Waals surface area contributed by atoms with Gasteiger partial charge in [-0.2, -0.15) is 0 Å². The Kier molecular flexibility index (Phi) is 3.23.